The lowest BCUT2D eigenvalue weighted by Gasteiger charge is -2.26. The van der Waals surface area contributed by atoms with Gasteiger partial charge in [0.25, 0.3) is 0 Å². The minimum atomic E-state index is -0.478. The Morgan fingerprint density at radius 2 is 1.30 bits per heavy atom. The van der Waals surface area contributed by atoms with Crippen LogP contribution in [0.25, 0.3) is 0 Å². The van der Waals surface area contributed by atoms with Gasteiger partial charge in [0.1, 0.15) is 0 Å². The van der Waals surface area contributed by atoms with Crippen molar-refractivity contribution < 1.29 is 14.0 Å². The normalized spacial score (nSPS) is 26.1. The van der Waals surface area contributed by atoms with Crippen LogP contribution in [0.2, 0.25) is 0 Å². The fraction of sp³-hybridized carbons (Fsp3) is 0.846. The van der Waals surface area contributed by atoms with Gasteiger partial charge in [-0.25, -0.2) is 0 Å². The van der Waals surface area contributed by atoms with E-state index in [2.05, 4.69) is 55.7 Å². The number of amides is 2. The van der Waals surface area contributed by atoms with Crippen molar-refractivity contribution in [3.63, 3.8) is 0 Å². The van der Waals surface area contributed by atoms with Gasteiger partial charge in [-0.2, -0.15) is 0 Å². The second-order valence-electron chi connectivity index (χ2n) is 12.3. The van der Waals surface area contributed by atoms with Crippen molar-refractivity contribution in [1.82, 2.24) is 21.0 Å². The minimum Gasteiger partial charge on any atom is -0.424 e. The third-order valence-corrected chi connectivity index (χ3v) is 6.81. The summed E-state index contributed by atoms with van der Waals surface area (Å²) in [4.78, 5) is 23.4. The Morgan fingerprint density at radius 3 is 1.76 bits per heavy atom. The van der Waals surface area contributed by atoms with Crippen LogP contribution in [0.4, 0.5) is 0 Å². The van der Waals surface area contributed by atoms with Crippen molar-refractivity contribution in [3.05, 3.63) is 11.8 Å². The molecule has 2 aliphatic carbocycles. The van der Waals surface area contributed by atoms with E-state index < -0.39 is 5.41 Å². The van der Waals surface area contributed by atoms with Gasteiger partial charge >= 0.3 is 0 Å². The molecule has 33 heavy (non-hydrogen) atoms. The van der Waals surface area contributed by atoms with E-state index in [0.29, 0.717) is 5.92 Å². The Balaban J connectivity index is 0.000000234. The molecule has 2 saturated carbocycles. The van der Waals surface area contributed by atoms with E-state index >= 15 is 0 Å². The van der Waals surface area contributed by atoms with E-state index in [9.17, 15) is 9.59 Å². The Labute approximate surface area is 200 Å². The number of hydrogen-bond acceptors (Lipinski definition) is 5. The molecule has 3 rings (SSSR count). The molecule has 0 spiro atoms. The zero-order chi connectivity index (χ0) is 24.8. The van der Waals surface area contributed by atoms with Gasteiger partial charge < -0.3 is 4.42 Å². The van der Waals surface area contributed by atoms with Gasteiger partial charge in [-0.15, -0.1) is 10.2 Å². The first-order valence-corrected chi connectivity index (χ1v) is 12.7. The number of nitrogens with one attached hydrogen (secondary N) is 2. The monoisotopic (exact) mass is 462 g/mol. The van der Waals surface area contributed by atoms with Crippen LogP contribution >= 0.6 is 0 Å². The van der Waals surface area contributed by atoms with Gasteiger partial charge in [0.2, 0.25) is 23.6 Å². The number of hydrogen-bond donors (Lipinski definition) is 2. The highest BCUT2D eigenvalue weighted by Crippen LogP contribution is 2.35. The zero-order valence-electron chi connectivity index (χ0n) is 22.1. The molecule has 0 atom stereocenters. The van der Waals surface area contributed by atoms with E-state index in [1.54, 1.807) is 0 Å². The minimum absolute atomic E-state index is 0.0345. The van der Waals surface area contributed by atoms with Crippen LogP contribution in [0.3, 0.4) is 0 Å². The molecule has 188 valence electrons. The van der Waals surface area contributed by atoms with Crippen molar-refractivity contribution in [3.8, 4) is 0 Å². The third-order valence-electron chi connectivity index (χ3n) is 6.81. The van der Waals surface area contributed by atoms with Gasteiger partial charge in [-0.05, 0) is 63.2 Å². The quantitative estimate of drug-likeness (QED) is 0.552. The Hall–Kier alpha value is -1.92. The SMILES string of the molecule is CC1CCC(C(=O)NNC(=O)C(C)(C)C)CC1.CC1CCC(c2nnc(C(C)(C)C)o2)CC1. The molecule has 0 bridgehead atoms. The average molecular weight is 463 g/mol. The Kier molecular flexibility index (Phi) is 9.50. The first-order valence-electron chi connectivity index (χ1n) is 12.7. The summed E-state index contributed by atoms with van der Waals surface area (Å²) in [6.07, 6.45) is 9.04. The predicted octanol–water partition coefficient (Wildman–Crippen LogP) is 5.67. The molecule has 2 N–H and O–H groups in total. The van der Waals surface area contributed by atoms with Crippen LogP contribution in [0.5, 0.6) is 0 Å². The maximum absolute atomic E-state index is 11.8. The first-order chi connectivity index (χ1) is 15.3. The first kappa shape index (κ1) is 27.3. The highest BCUT2D eigenvalue weighted by molar-refractivity contribution is 5.85. The molecule has 2 amide bonds. The standard InChI is InChI=1S/C13H24N2O2.C13H22N2O/c1-9-5-7-10(8-6-9)11(16)14-15-12(17)13(2,3)4;1-9-5-7-10(8-6-9)11-14-15-12(16-11)13(2,3)4/h9-10H,5-8H2,1-4H3,(H,14,16)(H,15,17);9-10H,5-8H2,1-4H3. The van der Waals surface area contributed by atoms with Crippen molar-refractivity contribution in [2.24, 2.45) is 23.2 Å². The molecule has 0 saturated heterocycles. The molecular weight excluding hydrogens is 416 g/mol. The number of carbonyl (C=O) groups is 2. The summed E-state index contributed by atoms with van der Waals surface area (Å²) in [5.41, 5.74) is 4.52. The summed E-state index contributed by atoms with van der Waals surface area (Å²) in [6, 6.07) is 0. The average Bonchev–Trinajstić information content (AvgIpc) is 3.23. The molecule has 0 aromatic carbocycles. The maximum Gasteiger partial charge on any atom is 0.243 e. The Bertz CT molecular complexity index is 759. The third kappa shape index (κ3) is 8.74. The number of carbonyl (C=O) groups excluding carboxylic acids is 2. The van der Waals surface area contributed by atoms with Crippen LogP contribution in [0, 0.1) is 23.2 Å². The fourth-order valence-corrected chi connectivity index (χ4v) is 4.14. The van der Waals surface area contributed by atoms with Crippen molar-refractivity contribution in [1.29, 1.82) is 0 Å². The lowest BCUT2D eigenvalue weighted by atomic mass is 9.83. The summed E-state index contributed by atoms with van der Waals surface area (Å²) < 4.78 is 5.80. The van der Waals surface area contributed by atoms with Crippen LogP contribution in [-0.2, 0) is 15.0 Å². The lowest BCUT2D eigenvalue weighted by molar-refractivity contribution is -0.135. The summed E-state index contributed by atoms with van der Waals surface area (Å²) in [7, 11) is 0. The second-order valence-corrected chi connectivity index (χ2v) is 12.3. The number of aromatic nitrogens is 2. The van der Waals surface area contributed by atoms with Crippen LogP contribution in [0.15, 0.2) is 4.42 Å². The highest BCUT2D eigenvalue weighted by atomic mass is 16.4. The summed E-state index contributed by atoms with van der Waals surface area (Å²) in [5.74, 6) is 3.57. The van der Waals surface area contributed by atoms with E-state index in [4.69, 9.17) is 4.42 Å². The smallest absolute Gasteiger partial charge is 0.243 e. The molecule has 0 aliphatic heterocycles. The molecule has 1 aromatic rings. The van der Waals surface area contributed by atoms with Crippen molar-refractivity contribution in [2.45, 2.75) is 118 Å². The van der Waals surface area contributed by atoms with Gasteiger partial charge in [-0.3, -0.25) is 20.4 Å². The van der Waals surface area contributed by atoms with Gasteiger partial charge in [0, 0.05) is 22.7 Å². The molecule has 0 unspecified atom stereocenters. The van der Waals surface area contributed by atoms with Gasteiger partial charge in [-0.1, -0.05) is 55.4 Å². The highest BCUT2D eigenvalue weighted by Gasteiger charge is 2.28. The zero-order valence-corrected chi connectivity index (χ0v) is 22.1. The largest absolute Gasteiger partial charge is 0.424 e. The molecule has 7 heteroatoms. The van der Waals surface area contributed by atoms with Gasteiger partial charge in [0.05, 0.1) is 0 Å². The van der Waals surface area contributed by atoms with Crippen molar-refractivity contribution in [2.75, 3.05) is 0 Å². The molecule has 1 heterocycles. The maximum atomic E-state index is 11.8. The predicted molar refractivity (Wildman–Crippen MR) is 130 cm³/mol. The summed E-state index contributed by atoms with van der Waals surface area (Å²) in [6.45, 7) is 16.3. The molecular formula is C26H46N4O3. The van der Waals surface area contributed by atoms with Crippen LogP contribution < -0.4 is 10.9 Å². The van der Waals surface area contributed by atoms with Gasteiger partial charge in [0.15, 0.2) is 0 Å². The molecule has 7 nitrogen and oxygen atoms in total. The van der Waals surface area contributed by atoms with E-state index in [0.717, 1.165) is 49.3 Å². The van der Waals surface area contributed by atoms with Crippen LogP contribution in [0.1, 0.15) is 124 Å². The van der Waals surface area contributed by atoms with E-state index in [-0.39, 0.29) is 23.1 Å². The van der Waals surface area contributed by atoms with Crippen LogP contribution in [-0.4, -0.2) is 22.0 Å². The van der Waals surface area contributed by atoms with E-state index in [1.165, 1.54) is 25.7 Å². The Morgan fingerprint density at radius 1 is 0.788 bits per heavy atom. The summed E-state index contributed by atoms with van der Waals surface area (Å²) >= 11 is 0. The van der Waals surface area contributed by atoms with E-state index in [1.807, 2.05) is 20.8 Å². The lowest BCUT2D eigenvalue weighted by Crippen LogP contribution is -2.48. The number of rotatable bonds is 2. The number of hydrazine groups is 1. The number of nitrogens with zero attached hydrogens (tertiary/aromatic N) is 2. The van der Waals surface area contributed by atoms with Crippen molar-refractivity contribution >= 4 is 11.8 Å². The molecule has 1 aromatic heterocycles. The fourth-order valence-electron chi connectivity index (χ4n) is 4.14. The topological polar surface area (TPSA) is 97.1 Å². The molecule has 0 radical (unpaired) electrons. The molecule has 2 fully saturated rings. The summed E-state index contributed by atoms with van der Waals surface area (Å²) in [5, 5.41) is 8.38. The second kappa shape index (κ2) is 11.5. The molecule has 2 aliphatic rings.